The first-order chi connectivity index (χ1) is 8.90. The summed E-state index contributed by atoms with van der Waals surface area (Å²) in [6.07, 6.45) is 0. The van der Waals surface area contributed by atoms with Crippen LogP contribution < -0.4 is 15.8 Å². The molecule has 0 saturated heterocycles. The van der Waals surface area contributed by atoms with Crippen molar-refractivity contribution >= 4 is 5.96 Å². The zero-order chi connectivity index (χ0) is 14.4. The van der Waals surface area contributed by atoms with Crippen LogP contribution in [0.25, 0.3) is 0 Å². The third kappa shape index (κ3) is 5.07. The fourth-order valence-corrected chi connectivity index (χ4v) is 1.40. The van der Waals surface area contributed by atoms with Crippen molar-refractivity contribution in [2.75, 3.05) is 0 Å². The van der Waals surface area contributed by atoms with Gasteiger partial charge >= 0.3 is 6.61 Å². The standard InChI is InChI=1S/C12H16F3N3O/c1-7(2)18-12(16)17-6-8-9(13)4-3-5-10(8)19-11(14)15/h3-5,7,11H,6H2,1-2H3,(H3,16,17,18). The number of hydrogen-bond donors (Lipinski definition) is 2. The van der Waals surface area contributed by atoms with Gasteiger partial charge in [-0.1, -0.05) is 6.07 Å². The molecule has 0 amide bonds. The highest BCUT2D eigenvalue weighted by molar-refractivity contribution is 5.78. The smallest absolute Gasteiger partial charge is 0.387 e. The number of nitrogens with zero attached hydrogens (tertiary/aromatic N) is 1. The summed E-state index contributed by atoms with van der Waals surface area (Å²) >= 11 is 0. The average molecular weight is 275 g/mol. The summed E-state index contributed by atoms with van der Waals surface area (Å²) in [6.45, 7) is 0.518. The normalized spacial score (nSPS) is 12.1. The molecule has 0 saturated carbocycles. The van der Waals surface area contributed by atoms with Crippen LogP contribution in [0.3, 0.4) is 0 Å². The molecule has 0 aliphatic heterocycles. The van der Waals surface area contributed by atoms with E-state index in [-0.39, 0.29) is 29.9 Å². The Balaban J connectivity index is 2.87. The Morgan fingerprint density at radius 2 is 2.11 bits per heavy atom. The van der Waals surface area contributed by atoms with Gasteiger partial charge in [-0.15, -0.1) is 0 Å². The van der Waals surface area contributed by atoms with Gasteiger partial charge in [0.05, 0.1) is 12.1 Å². The number of nitrogens with one attached hydrogen (secondary N) is 1. The van der Waals surface area contributed by atoms with Crippen LogP contribution in [-0.4, -0.2) is 18.6 Å². The maximum Gasteiger partial charge on any atom is 0.387 e. The summed E-state index contributed by atoms with van der Waals surface area (Å²) in [4.78, 5) is 3.88. The molecule has 1 aromatic carbocycles. The SMILES string of the molecule is CC(C)NC(N)=NCc1c(F)cccc1OC(F)F. The Morgan fingerprint density at radius 3 is 2.68 bits per heavy atom. The Morgan fingerprint density at radius 1 is 1.42 bits per heavy atom. The maximum absolute atomic E-state index is 13.6. The number of guanidine groups is 1. The van der Waals surface area contributed by atoms with Crippen LogP contribution in [0.15, 0.2) is 23.2 Å². The zero-order valence-corrected chi connectivity index (χ0v) is 10.7. The number of alkyl halides is 2. The van der Waals surface area contributed by atoms with E-state index in [1.165, 1.54) is 12.1 Å². The Kier molecular flexibility index (Phi) is 5.47. The topological polar surface area (TPSA) is 59.6 Å². The van der Waals surface area contributed by atoms with E-state index in [0.29, 0.717) is 0 Å². The van der Waals surface area contributed by atoms with Crippen molar-refractivity contribution in [3.05, 3.63) is 29.6 Å². The lowest BCUT2D eigenvalue weighted by molar-refractivity contribution is -0.0506. The second-order valence-electron chi connectivity index (χ2n) is 4.10. The lowest BCUT2D eigenvalue weighted by Crippen LogP contribution is -2.36. The summed E-state index contributed by atoms with van der Waals surface area (Å²) in [7, 11) is 0. The number of rotatable bonds is 5. The molecule has 4 nitrogen and oxygen atoms in total. The van der Waals surface area contributed by atoms with Crippen molar-refractivity contribution in [1.82, 2.24) is 5.32 Å². The predicted molar refractivity (Wildman–Crippen MR) is 66.6 cm³/mol. The average Bonchev–Trinajstić information content (AvgIpc) is 2.26. The Bertz CT molecular complexity index is 450. The van der Waals surface area contributed by atoms with Gasteiger partial charge in [-0.2, -0.15) is 8.78 Å². The van der Waals surface area contributed by atoms with Crippen molar-refractivity contribution in [1.29, 1.82) is 0 Å². The van der Waals surface area contributed by atoms with Gasteiger partial charge in [-0.05, 0) is 26.0 Å². The van der Waals surface area contributed by atoms with Crippen LogP contribution in [0.5, 0.6) is 5.75 Å². The fraction of sp³-hybridized carbons (Fsp3) is 0.417. The molecule has 0 aliphatic carbocycles. The van der Waals surface area contributed by atoms with E-state index in [1.54, 1.807) is 0 Å². The molecule has 0 bridgehead atoms. The van der Waals surface area contributed by atoms with E-state index < -0.39 is 12.4 Å². The van der Waals surface area contributed by atoms with Crippen molar-refractivity contribution in [2.45, 2.75) is 33.0 Å². The summed E-state index contributed by atoms with van der Waals surface area (Å²) in [5.41, 5.74) is 5.49. The van der Waals surface area contributed by atoms with E-state index in [9.17, 15) is 13.2 Å². The van der Waals surface area contributed by atoms with Crippen molar-refractivity contribution in [2.24, 2.45) is 10.7 Å². The van der Waals surface area contributed by atoms with Gasteiger partial charge in [0.25, 0.3) is 0 Å². The minimum absolute atomic E-state index is 0.0590. The van der Waals surface area contributed by atoms with E-state index in [2.05, 4.69) is 15.0 Å². The molecule has 1 rings (SSSR count). The highest BCUT2D eigenvalue weighted by Gasteiger charge is 2.13. The second-order valence-corrected chi connectivity index (χ2v) is 4.10. The van der Waals surface area contributed by atoms with Crippen molar-refractivity contribution in [3.8, 4) is 5.75 Å². The third-order valence-electron chi connectivity index (χ3n) is 2.14. The first kappa shape index (κ1) is 15.1. The van der Waals surface area contributed by atoms with Crippen LogP contribution in [0.2, 0.25) is 0 Å². The highest BCUT2D eigenvalue weighted by atomic mass is 19.3. The number of halogens is 3. The molecule has 106 valence electrons. The van der Waals surface area contributed by atoms with E-state index in [0.717, 1.165) is 6.07 Å². The van der Waals surface area contributed by atoms with Crippen LogP contribution in [0, 0.1) is 5.82 Å². The first-order valence-corrected chi connectivity index (χ1v) is 5.68. The van der Waals surface area contributed by atoms with E-state index in [4.69, 9.17) is 5.73 Å². The third-order valence-corrected chi connectivity index (χ3v) is 2.14. The molecule has 3 N–H and O–H groups in total. The van der Waals surface area contributed by atoms with Gasteiger partial charge in [0, 0.05) is 6.04 Å². The molecule has 0 radical (unpaired) electrons. The van der Waals surface area contributed by atoms with Crippen molar-refractivity contribution < 1.29 is 17.9 Å². The van der Waals surface area contributed by atoms with Gasteiger partial charge in [0.1, 0.15) is 11.6 Å². The molecular weight excluding hydrogens is 259 g/mol. The zero-order valence-electron chi connectivity index (χ0n) is 10.7. The molecule has 7 heteroatoms. The molecule has 0 atom stereocenters. The summed E-state index contributed by atoms with van der Waals surface area (Å²) in [6, 6.07) is 3.76. The molecule has 0 fully saturated rings. The monoisotopic (exact) mass is 275 g/mol. The summed E-state index contributed by atoms with van der Waals surface area (Å²) < 4.78 is 42.2. The molecule has 0 aromatic heterocycles. The predicted octanol–water partition coefficient (Wildman–Crippen LogP) is 2.24. The van der Waals surface area contributed by atoms with Gasteiger partial charge in [-0.3, -0.25) is 0 Å². The Hall–Kier alpha value is -1.92. The van der Waals surface area contributed by atoms with Gasteiger partial charge in [0.2, 0.25) is 0 Å². The quantitative estimate of drug-likeness (QED) is 0.640. The fourth-order valence-electron chi connectivity index (χ4n) is 1.40. The number of ether oxygens (including phenoxy) is 1. The minimum Gasteiger partial charge on any atom is -0.434 e. The van der Waals surface area contributed by atoms with E-state index >= 15 is 0 Å². The molecule has 0 spiro atoms. The van der Waals surface area contributed by atoms with Crippen LogP contribution in [0.1, 0.15) is 19.4 Å². The number of nitrogens with two attached hydrogens (primary N) is 1. The number of benzene rings is 1. The molecule has 0 aliphatic rings. The largest absolute Gasteiger partial charge is 0.434 e. The summed E-state index contributed by atoms with van der Waals surface area (Å²) in [5.74, 6) is -0.795. The van der Waals surface area contributed by atoms with Gasteiger partial charge in [-0.25, -0.2) is 9.38 Å². The second kappa shape index (κ2) is 6.86. The maximum atomic E-state index is 13.6. The van der Waals surface area contributed by atoms with Crippen LogP contribution in [0.4, 0.5) is 13.2 Å². The lowest BCUT2D eigenvalue weighted by atomic mass is 10.2. The lowest BCUT2D eigenvalue weighted by Gasteiger charge is -2.11. The van der Waals surface area contributed by atoms with Gasteiger partial charge in [0.15, 0.2) is 5.96 Å². The molecule has 0 heterocycles. The highest BCUT2D eigenvalue weighted by Crippen LogP contribution is 2.24. The minimum atomic E-state index is -3.02. The Labute approximate surface area is 109 Å². The van der Waals surface area contributed by atoms with Crippen LogP contribution in [-0.2, 0) is 6.54 Å². The number of hydrogen-bond acceptors (Lipinski definition) is 2. The molecule has 1 aromatic rings. The summed E-state index contributed by atoms with van der Waals surface area (Å²) in [5, 5.41) is 2.81. The number of aliphatic imine (C=N–C) groups is 1. The van der Waals surface area contributed by atoms with Crippen LogP contribution >= 0.6 is 0 Å². The molecular formula is C12H16F3N3O. The van der Waals surface area contributed by atoms with Crippen molar-refractivity contribution in [3.63, 3.8) is 0 Å². The first-order valence-electron chi connectivity index (χ1n) is 5.68. The molecule has 0 unspecified atom stereocenters. The van der Waals surface area contributed by atoms with E-state index in [1.807, 2.05) is 13.8 Å². The van der Waals surface area contributed by atoms with Gasteiger partial charge < -0.3 is 15.8 Å². The molecule has 19 heavy (non-hydrogen) atoms.